The highest BCUT2D eigenvalue weighted by Crippen LogP contribution is 2.31. The summed E-state index contributed by atoms with van der Waals surface area (Å²) in [5.41, 5.74) is -1.70. The number of nitrogens with zero attached hydrogens (tertiary/aromatic N) is 3. The molecule has 32 heavy (non-hydrogen) atoms. The molecule has 2 heterocycles. The second-order valence-electron chi connectivity index (χ2n) is 8.49. The number of carbonyl (C=O) groups excluding carboxylic acids is 2. The lowest BCUT2D eigenvalue weighted by atomic mass is 9.82. The van der Waals surface area contributed by atoms with Crippen LogP contribution in [-0.2, 0) is 20.5 Å². The van der Waals surface area contributed by atoms with Crippen LogP contribution in [-0.4, -0.2) is 41.6 Å². The molecule has 1 saturated heterocycles. The van der Waals surface area contributed by atoms with Gasteiger partial charge in [-0.2, -0.15) is 18.4 Å². The zero-order valence-electron chi connectivity index (χ0n) is 18.0. The molecule has 0 spiro atoms. The van der Waals surface area contributed by atoms with E-state index < -0.39 is 41.2 Å². The SMILES string of the molecule is C[C@@H](OC(=O)C1CCN(c2ccc(C(F)(F)F)cn2)CC1)C(=O)NC1(C#N)CCCCC1. The van der Waals surface area contributed by atoms with Crippen LogP contribution in [0.25, 0.3) is 0 Å². The number of aromatic nitrogens is 1. The van der Waals surface area contributed by atoms with Gasteiger partial charge in [0.25, 0.3) is 5.91 Å². The van der Waals surface area contributed by atoms with Crippen LogP contribution < -0.4 is 10.2 Å². The molecule has 3 rings (SSSR count). The van der Waals surface area contributed by atoms with Gasteiger partial charge in [0, 0.05) is 19.3 Å². The van der Waals surface area contributed by atoms with Gasteiger partial charge >= 0.3 is 12.1 Å². The Hall–Kier alpha value is -2.83. The summed E-state index contributed by atoms with van der Waals surface area (Å²) in [6.45, 7) is 2.37. The van der Waals surface area contributed by atoms with E-state index in [4.69, 9.17) is 4.74 Å². The Morgan fingerprint density at radius 2 is 1.91 bits per heavy atom. The summed E-state index contributed by atoms with van der Waals surface area (Å²) in [5, 5.41) is 12.3. The van der Waals surface area contributed by atoms with Crippen LogP contribution in [0.2, 0.25) is 0 Å². The summed E-state index contributed by atoms with van der Waals surface area (Å²) in [6.07, 6.45) is 0.192. The maximum Gasteiger partial charge on any atom is 0.417 e. The van der Waals surface area contributed by atoms with Gasteiger partial charge in [-0.3, -0.25) is 9.59 Å². The number of nitriles is 1. The van der Waals surface area contributed by atoms with Crippen molar-refractivity contribution in [3.05, 3.63) is 23.9 Å². The summed E-state index contributed by atoms with van der Waals surface area (Å²) in [7, 11) is 0. The average Bonchev–Trinajstić information content (AvgIpc) is 2.79. The number of esters is 1. The first-order valence-corrected chi connectivity index (χ1v) is 10.9. The third-order valence-corrected chi connectivity index (χ3v) is 6.17. The zero-order valence-corrected chi connectivity index (χ0v) is 18.0. The van der Waals surface area contributed by atoms with E-state index in [1.807, 2.05) is 4.90 Å². The van der Waals surface area contributed by atoms with Crippen LogP contribution in [0.5, 0.6) is 0 Å². The minimum Gasteiger partial charge on any atom is -0.452 e. The largest absolute Gasteiger partial charge is 0.452 e. The molecule has 1 saturated carbocycles. The number of hydrogen-bond acceptors (Lipinski definition) is 6. The zero-order chi connectivity index (χ0) is 23.4. The third-order valence-electron chi connectivity index (χ3n) is 6.17. The first-order chi connectivity index (χ1) is 15.1. The molecule has 1 aliphatic carbocycles. The second kappa shape index (κ2) is 9.76. The van der Waals surface area contributed by atoms with Gasteiger partial charge in [-0.1, -0.05) is 19.3 Å². The van der Waals surface area contributed by atoms with Gasteiger partial charge in [0.15, 0.2) is 6.10 Å². The van der Waals surface area contributed by atoms with E-state index in [-0.39, 0.29) is 0 Å². The van der Waals surface area contributed by atoms with E-state index in [2.05, 4.69) is 16.4 Å². The number of ether oxygens (including phenoxy) is 1. The van der Waals surface area contributed by atoms with Gasteiger partial charge in [-0.05, 0) is 44.7 Å². The fourth-order valence-corrected chi connectivity index (χ4v) is 4.17. The maximum atomic E-state index is 12.7. The Bertz CT molecular complexity index is 853. The molecule has 1 N–H and O–H groups in total. The number of carbonyl (C=O) groups is 2. The highest BCUT2D eigenvalue weighted by Gasteiger charge is 2.36. The van der Waals surface area contributed by atoms with Crippen molar-refractivity contribution in [2.75, 3.05) is 18.0 Å². The quantitative estimate of drug-likeness (QED) is 0.686. The Balaban J connectivity index is 1.48. The van der Waals surface area contributed by atoms with E-state index in [1.165, 1.54) is 13.0 Å². The smallest absolute Gasteiger partial charge is 0.417 e. The standard InChI is InChI=1S/C22H27F3N4O3/c1-15(19(30)28-21(14-26)9-3-2-4-10-21)32-20(31)16-7-11-29(12-8-16)18-6-5-17(13-27-18)22(23,24)25/h5-6,13,15-16H,2-4,7-12H2,1H3,(H,28,30)/t15-/m1/s1. The average molecular weight is 452 g/mol. The van der Waals surface area contributed by atoms with E-state index in [0.29, 0.717) is 44.6 Å². The molecule has 1 aromatic rings. The van der Waals surface area contributed by atoms with Crippen LogP contribution in [0.3, 0.4) is 0 Å². The molecule has 174 valence electrons. The molecule has 1 aliphatic heterocycles. The summed E-state index contributed by atoms with van der Waals surface area (Å²) in [6, 6.07) is 4.52. The molecule has 0 radical (unpaired) electrons. The molecule has 0 bridgehead atoms. The predicted octanol–water partition coefficient (Wildman–Crippen LogP) is 3.59. The molecule has 1 amide bonds. The van der Waals surface area contributed by atoms with Gasteiger partial charge < -0.3 is 15.0 Å². The number of hydrogen-bond donors (Lipinski definition) is 1. The van der Waals surface area contributed by atoms with Crippen molar-refractivity contribution in [1.29, 1.82) is 5.26 Å². The van der Waals surface area contributed by atoms with Gasteiger partial charge in [-0.25, -0.2) is 4.98 Å². The monoisotopic (exact) mass is 452 g/mol. The van der Waals surface area contributed by atoms with Crippen LogP contribution >= 0.6 is 0 Å². The van der Waals surface area contributed by atoms with E-state index >= 15 is 0 Å². The fourth-order valence-electron chi connectivity index (χ4n) is 4.17. The Kier molecular flexibility index (Phi) is 7.26. The number of amides is 1. The molecular weight excluding hydrogens is 425 g/mol. The molecule has 1 aromatic heterocycles. The van der Waals surface area contributed by atoms with E-state index in [9.17, 15) is 28.0 Å². The normalized spacial score (nSPS) is 20.2. The molecule has 0 unspecified atom stereocenters. The minimum absolute atomic E-state index is 0.407. The molecule has 7 nitrogen and oxygen atoms in total. The number of rotatable bonds is 5. The Morgan fingerprint density at radius 1 is 1.25 bits per heavy atom. The summed E-state index contributed by atoms with van der Waals surface area (Å²) in [5.74, 6) is -0.946. The van der Waals surface area contributed by atoms with Crippen molar-refractivity contribution in [1.82, 2.24) is 10.3 Å². The Labute approximate surface area is 184 Å². The topological polar surface area (TPSA) is 95.3 Å². The van der Waals surface area contributed by atoms with Gasteiger partial charge in [0.1, 0.15) is 11.4 Å². The molecule has 2 fully saturated rings. The highest BCUT2D eigenvalue weighted by atomic mass is 19.4. The molecule has 0 aromatic carbocycles. The molecule has 1 atom stereocenters. The second-order valence-corrected chi connectivity index (χ2v) is 8.49. The number of halogens is 3. The van der Waals surface area contributed by atoms with Crippen LogP contribution in [0, 0.1) is 17.2 Å². The van der Waals surface area contributed by atoms with Crippen LogP contribution in [0.1, 0.15) is 57.4 Å². The van der Waals surface area contributed by atoms with Crippen LogP contribution in [0.4, 0.5) is 19.0 Å². The van der Waals surface area contributed by atoms with Crippen LogP contribution in [0.15, 0.2) is 18.3 Å². The van der Waals surface area contributed by atoms with E-state index in [1.54, 1.807) is 0 Å². The summed E-state index contributed by atoms with van der Waals surface area (Å²) < 4.78 is 43.4. The maximum absolute atomic E-state index is 12.7. The summed E-state index contributed by atoms with van der Waals surface area (Å²) in [4.78, 5) is 30.7. The highest BCUT2D eigenvalue weighted by molar-refractivity contribution is 5.84. The fraction of sp³-hybridized carbons (Fsp3) is 0.636. The Morgan fingerprint density at radius 3 is 2.44 bits per heavy atom. The summed E-state index contributed by atoms with van der Waals surface area (Å²) >= 11 is 0. The van der Waals surface area contributed by atoms with Crippen molar-refractivity contribution in [3.8, 4) is 6.07 Å². The lowest BCUT2D eigenvalue weighted by Crippen LogP contribution is -2.52. The van der Waals surface area contributed by atoms with Crippen molar-refractivity contribution < 1.29 is 27.5 Å². The van der Waals surface area contributed by atoms with Crippen molar-refractivity contribution in [2.24, 2.45) is 5.92 Å². The third kappa shape index (κ3) is 5.69. The number of anilines is 1. The number of nitrogens with one attached hydrogen (secondary N) is 1. The van der Waals surface area contributed by atoms with Crippen molar-refractivity contribution >= 4 is 17.7 Å². The van der Waals surface area contributed by atoms with E-state index in [0.717, 1.165) is 31.5 Å². The van der Waals surface area contributed by atoms with Gasteiger partial charge in [0.05, 0.1) is 17.6 Å². The first-order valence-electron chi connectivity index (χ1n) is 10.9. The number of pyridine rings is 1. The van der Waals surface area contributed by atoms with Crippen molar-refractivity contribution in [3.63, 3.8) is 0 Å². The molecule has 2 aliphatic rings. The molecular formula is C22H27F3N4O3. The van der Waals surface area contributed by atoms with Gasteiger partial charge in [-0.15, -0.1) is 0 Å². The molecule has 10 heteroatoms. The lowest BCUT2D eigenvalue weighted by Gasteiger charge is -2.33. The van der Waals surface area contributed by atoms with Crippen molar-refractivity contribution in [2.45, 2.75) is 69.7 Å². The predicted molar refractivity (Wildman–Crippen MR) is 109 cm³/mol. The lowest BCUT2D eigenvalue weighted by molar-refractivity contribution is -0.159. The number of alkyl halides is 3. The minimum atomic E-state index is -4.44. The van der Waals surface area contributed by atoms with Gasteiger partial charge in [0.2, 0.25) is 0 Å². The number of piperidine rings is 1. The first kappa shape index (κ1) is 23.8.